The Kier molecular flexibility index (Phi) is 3.19. The lowest BCUT2D eigenvalue weighted by atomic mass is 10.1. The Hall–Kier alpha value is -1.55. The van der Waals surface area contributed by atoms with Crippen molar-refractivity contribution < 1.29 is 9.53 Å². The first-order valence-corrected chi connectivity index (χ1v) is 6.94. The molecule has 0 spiro atoms. The number of carbonyl (C=O) groups excluding carboxylic acids is 1. The second-order valence-electron chi connectivity index (χ2n) is 5.50. The predicted octanol–water partition coefficient (Wildman–Crippen LogP) is 1.90. The molecule has 4 nitrogen and oxygen atoms in total. The molecule has 1 aromatic carbocycles. The minimum atomic E-state index is 0.122. The summed E-state index contributed by atoms with van der Waals surface area (Å²) < 4.78 is 5.58. The van der Waals surface area contributed by atoms with Crippen LogP contribution in [0.2, 0.25) is 0 Å². The number of nitrogens with zero attached hydrogens (tertiary/aromatic N) is 1. The molecule has 102 valence electrons. The molecule has 0 saturated carbocycles. The van der Waals surface area contributed by atoms with Gasteiger partial charge in [-0.3, -0.25) is 4.79 Å². The third-order valence-corrected chi connectivity index (χ3v) is 3.93. The Morgan fingerprint density at radius 3 is 3.11 bits per heavy atom. The first-order chi connectivity index (χ1) is 9.15. The highest BCUT2D eigenvalue weighted by molar-refractivity contribution is 5.95. The Labute approximate surface area is 113 Å². The topological polar surface area (TPSA) is 41.6 Å². The van der Waals surface area contributed by atoms with Crippen LogP contribution >= 0.6 is 0 Å². The van der Waals surface area contributed by atoms with Gasteiger partial charge in [-0.1, -0.05) is 0 Å². The minimum absolute atomic E-state index is 0.122. The molecule has 1 saturated heterocycles. The molecule has 1 fully saturated rings. The van der Waals surface area contributed by atoms with Crippen molar-refractivity contribution in [3.05, 3.63) is 29.3 Å². The van der Waals surface area contributed by atoms with Gasteiger partial charge in [0.1, 0.15) is 0 Å². The molecule has 0 radical (unpaired) electrons. The standard InChI is InChI=1S/C15H20N2O2/c1-10-9-19-11(2)8-17(10)15(18)13-3-4-14-12(7-13)5-6-16-14/h3-4,7,10-11,16H,5-6,8-9H2,1-2H3. The number of benzene rings is 1. The monoisotopic (exact) mass is 260 g/mol. The summed E-state index contributed by atoms with van der Waals surface area (Å²) in [7, 11) is 0. The number of ether oxygens (including phenoxy) is 1. The van der Waals surface area contributed by atoms with Crippen LogP contribution in [0.3, 0.4) is 0 Å². The van der Waals surface area contributed by atoms with Gasteiger partial charge in [0.05, 0.1) is 18.8 Å². The highest BCUT2D eigenvalue weighted by atomic mass is 16.5. The molecular formula is C15H20N2O2. The van der Waals surface area contributed by atoms with Gasteiger partial charge in [0.15, 0.2) is 0 Å². The molecule has 3 rings (SSSR count). The summed E-state index contributed by atoms with van der Waals surface area (Å²) in [5.74, 6) is 0.123. The quantitative estimate of drug-likeness (QED) is 0.838. The first-order valence-electron chi connectivity index (χ1n) is 6.94. The molecule has 1 aromatic rings. The summed E-state index contributed by atoms with van der Waals surface area (Å²) in [6.07, 6.45) is 1.13. The predicted molar refractivity (Wildman–Crippen MR) is 74.5 cm³/mol. The number of morpholine rings is 1. The normalized spacial score (nSPS) is 25.9. The number of rotatable bonds is 1. The van der Waals surface area contributed by atoms with E-state index in [4.69, 9.17) is 4.74 Å². The fourth-order valence-corrected chi connectivity index (χ4v) is 2.79. The van der Waals surface area contributed by atoms with Crippen molar-refractivity contribution in [3.63, 3.8) is 0 Å². The Morgan fingerprint density at radius 2 is 2.26 bits per heavy atom. The average Bonchev–Trinajstić information content (AvgIpc) is 2.88. The highest BCUT2D eigenvalue weighted by Crippen LogP contribution is 2.24. The second-order valence-corrected chi connectivity index (χ2v) is 5.50. The van der Waals surface area contributed by atoms with Crippen molar-refractivity contribution in [1.29, 1.82) is 0 Å². The van der Waals surface area contributed by atoms with E-state index in [0.29, 0.717) is 13.2 Å². The minimum Gasteiger partial charge on any atom is -0.384 e. The van der Waals surface area contributed by atoms with E-state index in [1.807, 2.05) is 36.9 Å². The fraction of sp³-hybridized carbons (Fsp3) is 0.533. The molecule has 19 heavy (non-hydrogen) atoms. The maximum Gasteiger partial charge on any atom is 0.254 e. The van der Waals surface area contributed by atoms with E-state index in [0.717, 1.165) is 18.5 Å². The van der Waals surface area contributed by atoms with Crippen LogP contribution in [-0.2, 0) is 11.2 Å². The lowest BCUT2D eigenvalue weighted by Crippen LogP contribution is -2.50. The van der Waals surface area contributed by atoms with Crippen molar-refractivity contribution in [3.8, 4) is 0 Å². The van der Waals surface area contributed by atoms with E-state index in [2.05, 4.69) is 5.32 Å². The Bertz CT molecular complexity index is 501. The Balaban J connectivity index is 1.83. The first kappa shape index (κ1) is 12.5. The lowest BCUT2D eigenvalue weighted by Gasteiger charge is -2.36. The molecule has 2 unspecified atom stereocenters. The largest absolute Gasteiger partial charge is 0.384 e. The van der Waals surface area contributed by atoms with Crippen molar-refractivity contribution in [1.82, 2.24) is 4.90 Å². The summed E-state index contributed by atoms with van der Waals surface area (Å²) in [4.78, 5) is 14.5. The van der Waals surface area contributed by atoms with Gasteiger partial charge in [0, 0.05) is 24.3 Å². The SMILES string of the molecule is CC1CN(C(=O)c2ccc3c(c2)CCN3)C(C)CO1. The third kappa shape index (κ3) is 2.32. The highest BCUT2D eigenvalue weighted by Gasteiger charge is 2.28. The van der Waals surface area contributed by atoms with Crippen LogP contribution in [0.5, 0.6) is 0 Å². The van der Waals surface area contributed by atoms with Crippen LogP contribution in [0, 0.1) is 0 Å². The van der Waals surface area contributed by atoms with Gasteiger partial charge in [0.25, 0.3) is 5.91 Å². The third-order valence-electron chi connectivity index (χ3n) is 3.93. The van der Waals surface area contributed by atoms with Gasteiger partial charge in [-0.05, 0) is 44.0 Å². The van der Waals surface area contributed by atoms with E-state index in [-0.39, 0.29) is 18.1 Å². The molecule has 0 aromatic heterocycles. The number of amides is 1. The van der Waals surface area contributed by atoms with Crippen LogP contribution in [0.1, 0.15) is 29.8 Å². The average molecular weight is 260 g/mol. The number of fused-ring (bicyclic) bond motifs is 1. The summed E-state index contributed by atoms with van der Waals surface area (Å²) >= 11 is 0. The number of carbonyl (C=O) groups is 1. The maximum absolute atomic E-state index is 12.6. The van der Waals surface area contributed by atoms with Crippen molar-refractivity contribution in [2.75, 3.05) is 25.0 Å². The molecule has 1 amide bonds. The van der Waals surface area contributed by atoms with Gasteiger partial charge >= 0.3 is 0 Å². The van der Waals surface area contributed by atoms with E-state index in [1.165, 1.54) is 11.3 Å². The van der Waals surface area contributed by atoms with E-state index in [9.17, 15) is 4.79 Å². The lowest BCUT2D eigenvalue weighted by molar-refractivity contribution is -0.0387. The fourth-order valence-electron chi connectivity index (χ4n) is 2.79. The van der Waals surface area contributed by atoms with Crippen LogP contribution in [0.4, 0.5) is 5.69 Å². The second kappa shape index (κ2) is 4.85. The van der Waals surface area contributed by atoms with E-state index >= 15 is 0 Å². The van der Waals surface area contributed by atoms with Gasteiger partial charge < -0.3 is 15.0 Å². The van der Waals surface area contributed by atoms with Gasteiger partial charge in [-0.2, -0.15) is 0 Å². The van der Waals surface area contributed by atoms with Gasteiger partial charge in [-0.25, -0.2) is 0 Å². The molecular weight excluding hydrogens is 240 g/mol. The van der Waals surface area contributed by atoms with Gasteiger partial charge in [0.2, 0.25) is 0 Å². The molecule has 1 N–H and O–H groups in total. The van der Waals surface area contributed by atoms with Crippen LogP contribution in [0.15, 0.2) is 18.2 Å². The summed E-state index contributed by atoms with van der Waals surface area (Å²) in [5.41, 5.74) is 3.21. The number of nitrogens with one attached hydrogen (secondary N) is 1. The zero-order valence-electron chi connectivity index (χ0n) is 11.5. The maximum atomic E-state index is 12.6. The van der Waals surface area contributed by atoms with Gasteiger partial charge in [-0.15, -0.1) is 0 Å². The molecule has 2 aliphatic heterocycles. The number of hydrogen-bond acceptors (Lipinski definition) is 3. The molecule has 0 aliphatic carbocycles. The molecule has 0 bridgehead atoms. The van der Waals surface area contributed by atoms with E-state index in [1.54, 1.807) is 0 Å². The molecule has 4 heteroatoms. The van der Waals surface area contributed by atoms with Crippen LogP contribution in [-0.4, -0.2) is 42.6 Å². The van der Waals surface area contributed by atoms with Crippen molar-refractivity contribution >= 4 is 11.6 Å². The smallest absolute Gasteiger partial charge is 0.254 e. The summed E-state index contributed by atoms with van der Waals surface area (Å²) in [6.45, 7) is 6.32. The van der Waals surface area contributed by atoms with Crippen LogP contribution < -0.4 is 5.32 Å². The Morgan fingerprint density at radius 1 is 1.42 bits per heavy atom. The summed E-state index contributed by atoms with van der Waals surface area (Å²) in [5, 5.41) is 3.32. The summed E-state index contributed by atoms with van der Waals surface area (Å²) in [6, 6.07) is 6.12. The zero-order chi connectivity index (χ0) is 13.4. The number of anilines is 1. The van der Waals surface area contributed by atoms with Crippen LogP contribution in [0.25, 0.3) is 0 Å². The van der Waals surface area contributed by atoms with E-state index < -0.39 is 0 Å². The molecule has 2 heterocycles. The van der Waals surface area contributed by atoms with Crippen molar-refractivity contribution in [2.24, 2.45) is 0 Å². The molecule has 2 aliphatic rings. The molecule has 2 atom stereocenters. The number of hydrogen-bond donors (Lipinski definition) is 1. The zero-order valence-corrected chi connectivity index (χ0v) is 11.5. The van der Waals surface area contributed by atoms with Crippen molar-refractivity contribution in [2.45, 2.75) is 32.4 Å².